The standard InChI is InChI=1S/C17H21FN4/c1-22(2)17-14-7-9-19-10-8-15(14)20-16(21-17)11-12-3-5-13(18)6-4-12/h3-6,19H,7-11H2,1-2H3. The third-order valence-corrected chi connectivity index (χ3v) is 3.91. The molecule has 0 bridgehead atoms. The zero-order valence-corrected chi connectivity index (χ0v) is 13.1. The second-order valence-corrected chi connectivity index (χ2v) is 5.84. The molecule has 0 radical (unpaired) electrons. The van der Waals surface area contributed by atoms with Crippen LogP contribution < -0.4 is 10.2 Å². The first-order valence-corrected chi connectivity index (χ1v) is 7.64. The molecule has 4 nitrogen and oxygen atoms in total. The number of halogens is 1. The highest BCUT2D eigenvalue weighted by atomic mass is 19.1. The lowest BCUT2D eigenvalue weighted by Crippen LogP contribution is -2.18. The van der Waals surface area contributed by atoms with Gasteiger partial charge in [0, 0.05) is 39.0 Å². The highest BCUT2D eigenvalue weighted by Crippen LogP contribution is 2.22. The topological polar surface area (TPSA) is 41.1 Å². The summed E-state index contributed by atoms with van der Waals surface area (Å²) < 4.78 is 13.0. The van der Waals surface area contributed by atoms with Crippen LogP contribution in [0, 0.1) is 5.82 Å². The van der Waals surface area contributed by atoms with Crippen molar-refractivity contribution in [1.82, 2.24) is 15.3 Å². The van der Waals surface area contributed by atoms with E-state index in [2.05, 4.69) is 10.2 Å². The molecule has 1 aliphatic rings. The molecule has 0 amide bonds. The molecule has 1 aromatic heterocycles. The Balaban J connectivity index is 1.96. The van der Waals surface area contributed by atoms with Gasteiger partial charge in [0.25, 0.3) is 0 Å². The molecule has 0 saturated carbocycles. The lowest BCUT2D eigenvalue weighted by atomic mass is 10.1. The lowest BCUT2D eigenvalue weighted by molar-refractivity contribution is 0.627. The Hall–Kier alpha value is -2.01. The number of nitrogens with one attached hydrogen (secondary N) is 1. The van der Waals surface area contributed by atoms with E-state index in [0.717, 1.165) is 48.8 Å². The fraction of sp³-hybridized carbons (Fsp3) is 0.412. The van der Waals surface area contributed by atoms with Crippen LogP contribution in [0.5, 0.6) is 0 Å². The van der Waals surface area contributed by atoms with E-state index in [4.69, 9.17) is 9.97 Å². The summed E-state index contributed by atoms with van der Waals surface area (Å²) >= 11 is 0. The van der Waals surface area contributed by atoms with E-state index < -0.39 is 0 Å². The molecule has 0 spiro atoms. The quantitative estimate of drug-likeness (QED) is 0.941. The molecule has 2 aromatic rings. The average molecular weight is 300 g/mol. The van der Waals surface area contributed by atoms with E-state index in [9.17, 15) is 4.39 Å². The van der Waals surface area contributed by atoms with Gasteiger partial charge in [0.15, 0.2) is 0 Å². The normalized spacial score (nSPS) is 14.3. The van der Waals surface area contributed by atoms with Crippen LogP contribution in [0.1, 0.15) is 22.6 Å². The molecule has 0 fully saturated rings. The van der Waals surface area contributed by atoms with E-state index in [1.54, 1.807) is 12.1 Å². The van der Waals surface area contributed by atoms with Crippen LogP contribution in [0.4, 0.5) is 10.2 Å². The Labute approximate surface area is 130 Å². The summed E-state index contributed by atoms with van der Waals surface area (Å²) in [5.74, 6) is 1.59. The first-order valence-electron chi connectivity index (χ1n) is 7.64. The third-order valence-electron chi connectivity index (χ3n) is 3.91. The van der Waals surface area contributed by atoms with E-state index in [-0.39, 0.29) is 5.82 Å². The van der Waals surface area contributed by atoms with Gasteiger partial charge in [-0.2, -0.15) is 0 Å². The predicted octanol–water partition coefficient (Wildman–Crippen LogP) is 1.96. The molecule has 0 saturated heterocycles. The average Bonchev–Trinajstić information content (AvgIpc) is 2.74. The monoisotopic (exact) mass is 300 g/mol. The molecule has 1 aliphatic heterocycles. The summed E-state index contributed by atoms with van der Waals surface area (Å²) in [6.07, 6.45) is 2.51. The first-order chi connectivity index (χ1) is 10.6. The maximum atomic E-state index is 13.0. The third kappa shape index (κ3) is 3.25. The summed E-state index contributed by atoms with van der Waals surface area (Å²) in [6.45, 7) is 1.92. The van der Waals surface area contributed by atoms with Crippen LogP contribution >= 0.6 is 0 Å². The van der Waals surface area contributed by atoms with Gasteiger partial charge in [-0.15, -0.1) is 0 Å². The molecular formula is C17H21FN4. The van der Waals surface area contributed by atoms with Gasteiger partial charge < -0.3 is 10.2 Å². The van der Waals surface area contributed by atoms with Crippen molar-refractivity contribution in [1.29, 1.82) is 0 Å². The number of fused-ring (bicyclic) bond motifs is 1. The Kier molecular flexibility index (Phi) is 4.34. The Bertz CT molecular complexity index is 652. The first kappa shape index (κ1) is 14.9. The Morgan fingerprint density at radius 1 is 1.09 bits per heavy atom. The van der Waals surface area contributed by atoms with Gasteiger partial charge in [0.05, 0.1) is 5.69 Å². The maximum absolute atomic E-state index is 13.0. The summed E-state index contributed by atoms with van der Waals surface area (Å²) in [7, 11) is 4.03. The minimum absolute atomic E-state index is 0.216. The zero-order valence-electron chi connectivity index (χ0n) is 13.1. The molecule has 1 aromatic carbocycles. The van der Waals surface area contributed by atoms with Gasteiger partial charge in [-0.1, -0.05) is 12.1 Å². The number of anilines is 1. The largest absolute Gasteiger partial charge is 0.362 e. The molecule has 1 N–H and O–H groups in total. The van der Waals surface area contributed by atoms with Crippen molar-refractivity contribution < 1.29 is 4.39 Å². The number of rotatable bonds is 3. The minimum atomic E-state index is -0.216. The van der Waals surface area contributed by atoms with E-state index >= 15 is 0 Å². The smallest absolute Gasteiger partial charge is 0.135 e. The van der Waals surface area contributed by atoms with Gasteiger partial charge in [-0.3, -0.25) is 0 Å². The lowest BCUT2D eigenvalue weighted by Gasteiger charge is -2.19. The van der Waals surface area contributed by atoms with E-state index in [1.807, 2.05) is 14.1 Å². The SMILES string of the molecule is CN(C)c1nc(Cc2ccc(F)cc2)nc2c1CCNCC2. The van der Waals surface area contributed by atoms with Crippen molar-refractivity contribution in [2.45, 2.75) is 19.3 Å². The van der Waals surface area contributed by atoms with E-state index in [0.29, 0.717) is 6.42 Å². The second kappa shape index (κ2) is 6.40. The second-order valence-electron chi connectivity index (χ2n) is 5.84. The Morgan fingerprint density at radius 3 is 2.55 bits per heavy atom. The van der Waals surface area contributed by atoms with Crippen molar-refractivity contribution in [3.8, 4) is 0 Å². The Morgan fingerprint density at radius 2 is 1.82 bits per heavy atom. The molecular weight excluding hydrogens is 279 g/mol. The van der Waals surface area contributed by atoms with Crippen LogP contribution in [-0.2, 0) is 19.3 Å². The molecule has 0 aliphatic carbocycles. The maximum Gasteiger partial charge on any atom is 0.135 e. The fourth-order valence-corrected chi connectivity index (χ4v) is 2.81. The van der Waals surface area contributed by atoms with Crippen LogP contribution in [0.3, 0.4) is 0 Å². The van der Waals surface area contributed by atoms with Crippen LogP contribution in [0.25, 0.3) is 0 Å². The van der Waals surface area contributed by atoms with Crippen molar-refractivity contribution >= 4 is 5.82 Å². The van der Waals surface area contributed by atoms with Crippen molar-refractivity contribution in [2.24, 2.45) is 0 Å². The predicted molar refractivity (Wildman–Crippen MR) is 85.8 cm³/mol. The molecule has 2 heterocycles. The number of benzene rings is 1. The van der Waals surface area contributed by atoms with Gasteiger partial charge >= 0.3 is 0 Å². The molecule has 116 valence electrons. The highest BCUT2D eigenvalue weighted by Gasteiger charge is 2.17. The number of aromatic nitrogens is 2. The van der Waals surface area contributed by atoms with Gasteiger partial charge in [-0.05, 0) is 30.7 Å². The van der Waals surface area contributed by atoms with Crippen molar-refractivity contribution in [3.05, 3.63) is 52.7 Å². The summed E-state index contributed by atoms with van der Waals surface area (Å²) in [6, 6.07) is 6.55. The summed E-state index contributed by atoms with van der Waals surface area (Å²) in [4.78, 5) is 11.6. The van der Waals surface area contributed by atoms with Gasteiger partial charge in [0.2, 0.25) is 0 Å². The summed E-state index contributed by atoms with van der Waals surface area (Å²) in [5.41, 5.74) is 3.41. The van der Waals surface area contributed by atoms with Crippen molar-refractivity contribution in [3.63, 3.8) is 0 Å². The fourth-order valence-electron chi connectivity index (χ4n) is 2.81. The highest BCUT2D eigenvalue weighted by molar-refractivity contribution is 5.49. The van der Waals surface area contributed by atoms with Crippen LogP contribution in [0.15, 0.2) is 24.3 Å². The number of hydrogen-bond donors (Lipinski definition) is 1. The van der Waals surface area contributed by atoms with Gasteiger partial charge in [-0.25, -0.2) is 14.4 Å². The zero-order chi connectivity index (χ0) is 15.5. The molecule has 0 atom stereocenters. The number of nitrogens with zero attached hydrogens (tertiary/aromatic N) is 3. The molecule has 22 heavy (non-hydrogen) atoms. The van der Waals surface area contributed by atoms with E-state index in [1.165, 1.54) is 17.7 Å². The van der Waals surface area contributed by atoms with Crippen molar-refractivity contribution in [2.75, 3.05) is 32.1 Å². The van der Waals surface area contributed by atoms with Gasteiger partial charge in [0.1, 0.15) is 17.5 Å². The molecule has 0 unspecified atom stereocenters. The summed E-state index contributed by atoms with van der Waals surface area (Å²) in [5, 5.41) is 3.41. The number of hydrogen-bond acceptors (Lipinski definition) is 4. The van der Waals surface area contributed by atoms with Crippen LogP contribution in [-0.4, -0.2) is 37.2 Å². The minimum Gasteiger partial charge on any atom is -0.362 e. The molecule has 3 rings (SSSR count). The molecule has 5 heteroatoms. The van der Waals surface area contributed by atoms with Crippen LogP contribution in [0.2, 0.25) is 0 Å².